The monoisotopic (exact) mass is 228 g/mol. The highest BCUT2D eigenvalue weighted by Gasteiger charge is 2.16. The Kier molecular flexibility index (Phi) is 4.39. The van der Waals surface area contributed by atoms with Gasteiger partial charge in [-0.2, -0.15) is 0 Å². The average molecular weight is 229 g/mol. The molecule has 15 heavy (non-hydrogen) atoms. The van der Waals surface area contributed by atoms with Gasteiger partial charge >= 0.3 is 0 Å². The molecule has 0 aromatic heterocycles. The van der Waals surface area contributed by atoms with Crippen LogP contribution in [0.1, 0.15) is 13.3 Å². The predicted octanol–water partition coefficient (Wildman–Crippen LogP) is 1.49. The summed E-state index contributed by atoms with van der Waals surface area (Å²) in [5, 5.41) is 0.565. The molecule has 0 aliphatic heterocycles. The Morgan fingerprint density at radius 3 is 2.93 bits per heavy atom. The molecule has 0 spiro atoms. The van der Waals surface area contributed by atoms with Gasteiger partial charge in [0.15, 0.2) is 6.10 Å². The summed E-state index contributed by atoms with van der Waals surface area (Å²) in [6, 6.07) is 6.87. The van der Waals surface area contributed by atoms with E-state index in [1.165, 1.54) is 0 Å². The number of nitrogens with two attached hydrogens (primary N) is 1. The van der Waals surface area contributed by atoms with Crippen LogP contribution in [0.2, 0.25) is 5.02 Å². The molecule has 0 unspecified atom stereocenters. The van der Waals surface area contributed by atoms with E-state index in [0.29, 0.717) is 17.2 Å². The second-order valence-corrected chi connectivity index (χ2v) is 3.42. The van der Waals surface area contributed by atoms with Crippen LogP contribution in [0, 0.1) is 0 Å². The number of hydrogen-bond donors (Lipinski definition) is 2. The van der Waals surface area contributed by atoms with Gasteiger partial charge < -0.3 is 4.74 Å². The zero-order valence-electron chi connectivity index (χ0n) is 8.37. The molecule has 5 heteroatoms. The van der Waals surface area contributed by atoms with Crippen molar-refractivity contribution in [3.8, 4) is 5.75 Å². The third-order valence-corrected chi connectivity index (χ3v) is 2.12. The second-order valence-electron chi connectivity index (χ2n) is 2.98. The van der Waals surface area contributed by atoms with Crippen molar-refractivity contribution >= 4 is 17.5 Å². The maximum absolute atomic E-state index is 11.2. The van der Waals surface area contributed by atoms with E-state index in [4.69, 9.17) is 22.2 Å². The van der Waals surface area contributed by atoms with Crippen molar-refractivity contribution in [2.45, 2.75) is 19.4 Å². The quantitative estimate of drug-likeness (QED) is 0.466. The van der Waals surface area contributed by atoms with Gasteiger partial charge in [0.05, 0.1) is 0 Å². The second kappa shape index (κ2) is 5.58. The van der Waals surface area contributed by atoms with E-state index in [0.717, 1.165) is 0 Å². The number of hydrogen-bond acceptors (Lipinski definition) is 3. The number of rotatable bonds is 4. The van der Waals surface area contributed by atoms with Gasteiger partial charge in [0.25, 0.3) is 5.91 Å². The van der Waals surface area contributed by atoms with Crippen LogP contribution in [0.15, 0.2) is 24.3 Å². The molecule has 1 aromatic rings. The summed E-state index contributed by atoms with van der Waals surface area (Å²) < 4.78 is 5.42. The molecule has 1 amide bonds. The van der Waals surface area contributed by atoms with Gasteiger partial charge in [-0.05, 0) is 24.6 Å². The van der Waals surface area contributed by atoms with Crippen LogP contribution >= 0.6 is 11.6 Å². The predicted molar refractivity (Wildman–Crippen MR) is 58.5 cm³/mol. The minimum atomic E-state index is -0.589. The lowest BCUT2D eigenvalue weighted by Gasteiger charge is -2.15. The van der Waals surface area contributed by atoms with Crippen LogP contribution in [0.5, 0.6) is 5.75 Å². The van der Waals surface area contributed by atoms with Crippen molar-refractivity contribution in [3.63, 3.8) is 0 Å². The third kappa shape index (κ3) is 3.42. The molecule has 0 aliphatic carbocycles. The summed E-state index contributed by atoms with van der Waals surface area (Å²) in [5.41, 5.74) is 2.05. The minimum absolute atomic E-state index is 0.350. The highest BCUT2D eigenvalue weighted by molar-refractivity contribution is 6.30. The van der Waals surface area contributed by atoms with E-state index in [2.05, 4.69) is 5.43 Å². The topological polar surface area (TPSA) is 64.3 Å². The van der Waals surface area contributed by atoms with E-state index in [1.54, 1.807) is 24.3 Å². The summed E-state index contributed by atoms with van der Waals surface area (Å²) >= 11 is 5.78. The molecule has 82 valence electrons. The van der Waals surface area contributed by atoms with Gasteiger partial charge in [-0.25, -0.2) is 5.84 Å². The lowest BCUT2D eigenvalue weighted by molar-refractivity contribution is -0.128. The van der Waals surface area contributed by atoms with E-state index < -0.39 is 6.10 Å². The summed E-state index contributed by atoms with van der Waals surface area (Å²) in [6.07, 6.45) is -0.0521. The normalized spacial score (nSPS) is 11.9. The zero-order chi connectivity index (χ0) is 11.3. The van der Waals surface area contributed by atoms with Crippen LogP contribution in [0.3, 0.4) is 0 Å². The molecular weight excluding hydrogens is 216 g/mol. The van der Waals surface area contributed by atoms with Crippen molar-refractivity contribution < 1.29 is 9.53 Å². The van der Waals surface area contributed by atoms with Crippen molar-refractivity contribution in [3.05, 3.63) is 29.3 Å². The lowest BCUT2D eigenvalue weighted by Crippen LogP contribution is -2.41. The molecule has 0 aliphatic rings. The fourth-order valence-corrected chi connectivity index (χ4v) is 1.30. The van der Waals surface area contributed by atoms with Gasteiger partial charge in [-0.15, -0.1) is 0 Å². The largest absolute Gasteiger partial charge is 0.481 e. The number of nitrogens with one attached hydrogen (secondary N) is 1. The van der Waals surface area contributed by atoms with Gasteiger partial charge in [0.1, 0.15) is 5.75 Å². The number of carbonyl (C=O) groups is 1. The zero-order valence-corrected chi connectivity index (χ0v) is 9.12. The van der Waals surface area contributed by atoms with Gasteiger partial charge in [0, 0.05) is 5.02 Å². The van der Waals surface area contributed by atoms with Crippen molar-refractivity contribution in [1.82, 2.24) is 5.43 Å². The minimum Gasteiger partial charge on any atom is -0.481 e. The van der Waals surface area contributed by atoms with Gasteiger partial charge in [-0.1, -0.05) is 24.6 Å². The van der Waals surface area contributed by atoms with Crippen LogP contribution in [-0.2, 0) is 4.79 Å². The summed E-state index contributed by atoms with van der Waals surface area (Å²) in [6.45, 7) is 1.84. The fourth-order valence-electron chi connectivity index (χ4n) is 1.12. The Labute approximate surface area is 93.3 Å². The van der Waals surface area contributed by atoms with Gasteiger partial charge in [-0.3, -0.25) is 10.2 Å². The summed E-state index contributed by atoms with van der Waals surface area (Å²) in [5.74, 6) is 5.23. The van der Waals surface area contributed by atoms with Crippen LogP contribution in [-0.4, -0.2) is 12.0 Å². The van der Waals surface area contributed by atoms with E-state index in [1.807, 2.05) is 6.92 Å². The third-order valence-electron chi connectivity index (χ3n) is 1.88. The Morgan fingerprint density at radius 1 is 1.67 bits per heavy atom. The molecular formula is C10H13ClN2O2. The summed E-state index contributed by atoms with van der Waals surface area (Å²) in [4.78, 5) is 11.2. The van der Waals surface area contributed by atoms with Crippen LogP contribution in [0.25, 0.3) is 0 Å². The van der Waals surface area contributed by atoms with Gasteiger partial charge in [0.2, 0.25) is 0 Å². The first-order valence-corrected chi connectivity index (χ1v) is 4.97. The Balaban J connectivity index is 2.70. The number of amides is 1. The Hall–Kier alpha value is -1.26. The number of benzene rings is 1. The van der Waals surface area contributed by atoms with E-state index >= 15 is 0 Å². The van der Waals surface area contributed by atoms with E-state index in [-0.39, 0.29) is 5.91 Å². The molecule has 4 nitrogen and oxygen atoms in total. The van der Waals surface area contributed by atoms with Crippen LogP contribution < -0.4 is 16.0 Å². The molecule has 0 saturated carbocycles. The lowest BCUT2D eigenvalue weighted by atomic mass is 10.2. The Bertz CT molecular complexity index is 344. The molecule has 1 atom stereocenters. The molecule has 0 fully saturated rings. The molecule has 0 radical (unpaired) electrons. The first-order chi connectivity index (χ1) is 7.17. The van der Waals surface area contributed by atoms with Crippen LogP contribution in [0.4, 0.5) is 0 Å². The Morgan fingerprint density at radius 2 is 2.40 bits per heavy atom. The highest BCUT2D eigenvalue weighted by Crippen LogP contribution is 2.18. The molecule has 0 bridgehead atoms. The average Bonchev–Trinajstić information content (AvgIpc) is 2.25. The van der Waals surface area contributed by atoms with Crippen molar-refractivity contribution in [1.29, 1.82) is 0 Å². The number of halogens is 1. The molecule has 0 saturated heterocycles. The van der Waals surface area contributed by atoms with E-state index in [9.17, 15) is 4.79 Å². The van der Waals surface area contributed by atoms with Crippen molar-refractivity contribution in [2.75, 3.05) is 0 Å². The molecule has 1 rings (SSSR count). The molecule has 0 heterocycles. The first-order valence-electron chi connectivity index (χ1n) is 4.60. The first kappa shape index (κ1) is 11.8. The fraction of sp³-hybridized carbons (Fsp3) is 0.300. The van der Waals surface area contributed by atoms with Crippen molar-refractivity contribution in [2.24, 2.45) is 5.84 Å². The molecule has 3 N–H and O–H groups in total. The number of carbonyl (C=O) groups excluding carboxylic acids is 1. The number of hydrazine groups is 1. The maximum Gasteiger partial charge on any atom is 0.274 e. The highest BCUT2D eigenvalue weighted by atomic mass is 35.5. The standard InChI is InChI=1S/C10H13ClN2O2/c1-2-9(10(14)13-12)15-8-5-3-4-7(11)6-8/h3-6,9H,2,12H2,1H3,(H,13,14)/t9-/m1/s1. The maximum atomic E-state index is 11.2. The SMILES string of the molecule is CC[C@@H](Oc1cccc(Cl)c1)C(=O)NN. The number of ether oxygens (including phenoxy) is 1. The molecule has 1 aromatic carbocycles. The summed E-state index contributed by atoms with van der Waals surface area (Å²) in [7, 11) is 0. The smallest absolute Gasteiger partial charge is 0.274 e.